The van der Waals surface area contributed by atoms with Crippen molar-refractivity contribution in [3.05, 3.63) is 138 Å². The third-order valence-corrected chi connectivity index (χ3v) is 7.23. The van der Waals surface area contributed by atoms with E-state index in [0.717, 1.165) is 22.4 Å². The van der Waals surface area contributed by atoms with Gasteiger partial charge in [0.05, 0.1) is 26.4 Å². The SMILES string of the molecule is CC(C)(C)c1ccc(O[C@@H]2OC[C@@H](OCc3ccccc3)C(OCc3ccccc3)C2OCc2ccccc2)cc1. The topological polar surface area (TPSA) is 46.2 Å². The van der Waals surface area contributed by atoms with E-state index in [-0.39, 0.29) is 11.5 Å². The zero-order valence-corrected chi connectivity index (χ0v) is 24.1. The Kier molecular flexibility index (Phi) is 9.86. The fourth-order valence-electron chi connectivity index (χ4n) is 4.84. The van der Waals surface area contributed by atoms with Crippen LogP contribution in [0.4, 0.5) is 0 Å². The van der Waals surface area contributed by atoms with Gasteiger partial charge in [-0.3, -0.25) is 0 Å². The third kappa shape index (κ3) is 8.27. The molecule has 0 saturated carbocycles. The van der Waals surface area contributed by atoms with Gasteiger partial charge < -0.3 is 23.7 Å². The lowest BCUT2D eigenvalue weighted by molar-refractivity contribution is -0.278. The molecule has 5 nitrogen and oxygen atoms in total. The molecule has 2 unspecified atom stereocenters. The molecule has 5 rings (SSSR count). The molecular formula is C36H40O5. The summed E-state index contributed by atoms with van der Waals surface area (Å²) < 4.78 is 32.3. The van der Waals surface area contributed by atoms with Gasteiger partial charge in [-0.1, -0.05) is 124 Å². The van der Waals surface area contributed by atoms with Gasteiger partial charge in [0.1, 0.15) is 24.1 Å². The van der Waals surface area contributed by atoms with Gasteiger partial charge in [-0.15, -0.1) is 0 Å². The van der Waals surface area contributed by atoms with E-state index in [2.05, 4.69) is 57.2 Å². The van der Waals surface area contributed by atoms with Gasteiger partial charge in [-0.05, 0) is 39.8 Å². The summed E-state index contributed by atoms with van der Waals surface area (Å²) >= 11 is 0. The summed E-state index contributed by atoms with van der Waals surface area (Å²) in [5.41, 5.74) is 4.53. The summed E-state index contributed by atoms with van der Waals surface area (Å²) in [5.74, 6) is 0.724. The zero-order valence-electron chi connectivity index (χ0n) is 24.1. The highest BCUT2D eigenvalue weighted by atomic mass is 16.7. The molecule has 0 radical (unpaired) electrons. The first-order valence-corrected chi connectivity index (χ1v) is 14.3. The summed E-state index contributed by atoms with van der Waals surface area (Å²) in [6.07, 6.45) is -1.97. The highest BCUT2D eigenvalue weighted by molar-refractivity contribution is 5.31. The van der Waals surface area contributed by atoms with Crippen LogP contribution in [0.25, 0.3) is 0 Å². The van der Waals surface area contributed by atoms with E-state index in [0.29, 0.717) is 26.4 Å². The van der Waals surface area contributed by atoms with Crippen LogP contribution < -0.4 is 4.74 Å². The van der Waals surface area contributed by atoms with Crippen molar-refractivity contribution in [1.82, 2.24) is 0 Å². The van der Waals surface area contributed by atoms with Gasteiger partial charge in [0.15, 0.2) is 0 Å². The number of hydrogen-bond donors (Lipinski definition) is 0. The van der Waals surface area contributed by atoms with Crippen LogP contribution in [0.5, 0.6) is 5.75 Å². The summed E-state index contributed by atoms with van der Waals surface area (Å²) in [5, 5.41) is 0. The molecule has 4 atom stereocenters. The predicted molar refractivity (Wildman–Crippen MR) is 161 cm³/mol. The molecule has 0 amide bonds. The maximum atomic E-state index is 6.59. The number of hydrogen-bond acceptors (Lipinski definition) is 5. The Balaban J connectivity index is 1.38. The molecule has 0 aliphatic carbocycles. The van der Waals surface area contributed by atoms with E-state index in [1.807, 2.05) is 78.9 Å². The summed E-state index contributed by atoms with van der Waals surface area (Å²) in [7, 11) is 0. The van der Waals surface area contributed by atoms with E-state index >= 15 is 0 Å². The maximum Gasteiger partial charge on any atom is 0.229 e. The largest absolute Gasteiger partial charge is 0.462 e. The van der Waals surface area contributed by atoms with Crippen LogP contribution in [-0.2, 0) is 44.2 Å². The number of ether oxygens (including phenoxy) is 5. The van der Waals surface area contributed by atoms with Crippen LogP contribution in [-0.4, -0.2) is 31.2 Å². The lowest BCUT2D eigenvalue weighted by Crippen LogP contribution is -2.57. The van der Waals surface area contributed by atoms with Gasteiger partial charge in [-0.25, -0.2) is 0 Å². The molecule has 1 fully saturated rings. The van der Waals surface area contributed by atoms with E-state index in [9.17, 15) is 0 Å². The first-order chi connectivity index (χ1) is 20.0. The molecule has 1 aliphatic rings. The molecule has 1 saturated heterocycles. The summed E-state index contributed by atoms with van der Waals surface area (Å²) in [4.78, 5) is 0. The van der Waals surface area contributed by atoms with E-state index in [4.69, 9.17) is 23.7 Å². The Bertz CT molecular complexity index is 1300. The molecule has 0 bridgehead atoms. The van der Waals surface area contributed by atoms with Crippen molar-refractivity contribution in [1.29, 1.82) is 0 Å². The Morgan fingerprint density at radius 3 is 1.54 bits per heavy atom. The molecule has 0 spiro atoms. The van der Waals surface area contributed by atoms with Crippen molar-refractivity contribution in [2.75, 3.05) is 6.61 Å². The van der Waals surface area contributed by atoms with Crippen LogP contribution in [0.3, 0.4) is 0 Å². The first-order valence-electron chi connectivity index (χ1n) is 14.3. The minimum absolute atomic E-state index is 0.0564. The predicted octanol–water partition coefficient (Wildman–Crippen LogP) is 7.48. The molecule has 5 heteroatoms. The molecular weight excluding hydrogens is 512 g/mol. The minimum atomic E-state index is -0.670. The van der Waals surface area contributed by atoms with Gasteiger partial charge in [-0.2, -0.15) is 0 Å². The Labute approximate surface area is 244 Å². The van der Waals surface area contributed by atoms with Crippen molar-refractivity contribution in [3.63, 3.8) is 0 Å². The standard InChI is InChI=1S/C36H40O5/c1-36(2,3)30-19-21-31(22-20-30)41-35-34(39-25-29-17-11-6-12-18-29)33(38-24-28-15-9-5-10-16-28)32(26-40-35)37-23-27-13-7-4-8-14-27/h4-22,32-35H,23-26H2,1-3H3/t32-,33?,34?,35+/m1/s1. The molecule has 4 aromatic rings. The van der Waals surface area contributed by atoms with Crippen molar-refractivity contribution < 1.29 is 23.7 Å². The molecule has 0 aromatic heterocycles. The summed E-state index contributed by atoms with van der Waals surface area (Å²) in [6.45, 7) is 8.19. The lowest BCUT2D eigenvalue weighted by atomic mass is 9.87. The highest BCUT2D eigenvalue weighted by Gasteiger charge is 2.44. The van der Waals surface area contributed by atoms with Crippen LogP contribution in [0.15, 0.2) is 115 Å². The second-order valence-corrected chi connectivity index (χ2v) is 11.5. The summed E-state index contributed by atoms with van der Waals surface area (Å²) in [6, 6.07) is 38.6. The van der Waals surface area contributed by atoms with Crippen molar-refractivity contribution >= 4 is 0 Å². The number of rotatable bonds is 11. The van der Waals surface area contributed by atoms with E-state index in [1.54, 1.807) is 0 Å². The fraction of sp³-hybridized carbons (Fsp3) is 0.333. The molecule has 1 heterocycles. The lowest BCUT2D eigenvalue weighted by Gasteiger charge is -2.41. The normalized spacial score (nSPS) is 21.0. The fourth-order valence-corrected chi connectivity index (χ4v) is 4.84. The first kappa shape index (κ1) is 29.0. The van der Waals surface area contributed by atoms with Gasteiger partial charge >= 0.3 is 0 Å². The van der Waals surface area contributed by atoms with Crippen LogP contribution in [0.2, 0.25) is 0 Å². The molecule has 4 aromatic carbocycles. The Hall–Kier alpha value is -3.48. The second-order valence-electron chi connectivity index (χ2n) is 11.5. The molecule has 214 valence electrons. The quantitative estimate of drug-likeness (QED) is 0.193. The second kappa shape index (κ2) is 13.9. The van der Waals surface area contributed by atoms with Crippen molar-refractivity contribution in [3.8, 4) is 5.75 Å². The third-order valence-electron chi connectivity index (χ3n) is 7.23. The smallest absolute Gasteiger partial charge is 0.229 e. The maximum absolute atomic E-state index is 6.59. The molecule has 41 heavy (non-hydrogen) atoms. The Morgan fingerprint density at radius 1 is 0.585 bits per heavy atom. The van der Waals surface area contributed by atoms with Gasteiger partial charge in [0, 0.05) is 0 Å². The highest BCUT2D eigenvalue weighted by Crippen LogP contribution is 2.30. The minimum Gasteiger partial charge on any atom is -0.462 e. The average Bonchev–Trinajstić information content (AvgIpc) is 3.00. The Morgan fingerprint density at radius 2 is 1.05 bits per heavy atom. The molecule has 1 aliphatic heterocycles. The average molecular weight is 553 g/mol. The monoisotopic (exact) mass is 552 g/mol. The van der Waals surface area contributed by atoms with Crippen LogP contribution in [0.1, 0.15) is 43.0 Å². The van der Waals surface area contributed by atoms with Gasteiger partial charge in [0.2, 0.25) is 6.29 Å². The van der Waals surface area contributed by atoms with Crippen LogP contribution >= 0.6 is 0 Å². The van der Waals surface area contributed by atoms with Crippen molar-refractivity contribution in [2.24, 2.45) is 0 Å². The van der Waals surface area contributed by atoms with Crippen LogP contribution in [0, 0.1) is 0 Å². The van der Waals surface area contributed by atoms with Gasteiger partial charge in [0.25, 0.3) is 0 Å². The van der Waals surface area contributed by atoms with Crippen molar-refractivity contribution in [2.45, 2.75) is 70.6 Å². The molecule has 0 N–H and O–H groups in total. The van der Waals surface area contributed by atoms with E-state index < -0.39 is 18.5 Å². The number of benzene rings is 4. The zero-order chi connectivity index (χ0) is 28.5. The van der Waals surface area contributed by atoms with E-state index in [1.165, 1.54) is 5.56 Å².